The van der Waals surface area contributed by atoms with Gasteiger partial charge in [0, 0.05) is 10.4 Å². The number of thiazole rings is 1. The summed E-state index contributed by atoms with van der Waals surface area (Å²) < 4.78 is 5.65. The molecule has 3 nitrogen and oxygen atoms in total. The minimum Gasteiger partial charge on any atom is -0.487 e. The van der Waals surface area contributed by atoms with Crippen molar-refractivity contribution >= 4 is 28.1 Å². The summed E-state index contributed by atoms with van der Waals surface area (Å²) in [6, 6.07) is 3.84. The molecule has 90 valence electrons. The van der Waals surface area contributed by atoms with E-state index >= 15 is 0 Å². The molecule has 0 spiro atoms. The van der Waals surface area contributed by atoms with Gasteiger partial charge < -0.3 is 10.5 Å². The highest BCUT2D eigenvalue weighted by atomic mass is 35.5. The van der Waals surface area contributed by atoms with Gasteiger partial charge in [0.05, 0.1) is 5.69 Å². The van der Waals surface area contributed by atoms with Gasteiger partial charge in [-0.05, 0) is 37.1 Å². The average Bonchev–Trinajstić information content (AvgIpc) is 2.69. The molecule has 0 fully saturated rings. The van der Waals surface area contributed by atoms with Gasteiger partial charge >= 0.3 is 0 Å². The van der Waals surface area contributed by atoms with E-state index in [1.54, 1.807) is 0 Å². The number of aryl methyl sites for hydroxylation is 2. The minimum atomic E-state index is 0.425. The van der Waals surface area contributed by atoms with E-state index in [1.807, 2.05) is 31.4 Å². The average molecular weight is 269 g/mol. The predicted octanol–water partition coefficient (Wildman–Crippen LogP) is 3.57. The van der Waals surface area contributed by atoms with Crippen molar-refractivity contribution in [1.82, 2.24) is 4.98 Å². The maximum atomic E-state index is 6.09. The molecule has 0 radical (unpaired) electrons. The van der Waals surface area contributed by atoms with Crippen LogP contribution in [0.2, 0.25) is 5.02 Å². The molecule has 1 aromatic carbocycles. The SMILES string of the molecule is Cc1cc(OCc2csc(N)n2)cc(C)c1Cl. The van der Waals surface area contributed by atoms with E-state index in [4.69, 9.17) is 22.1 Å². The minimum absolute atomic E-state index is 0.425. The molecular formula is C12H13ClN2OS. The van der Waals surface area contributed by atoms with Crippen LogP contribution in [0.15, 0.2) is 17.5 Å². The number of rotatable bonds is 3. The first-order valence-corrected chi connectivity index (χ1v) is 6.41. The summed E-state index contributed by atoms with van der Waals surface area (Å²) in [6.45, 7) is 4.35. The third-order valence-electron chi connectivity index (χ3n) is 2.37. The Balaban J connectivity index is 2.09. The molecule has 2 aromatic rings. The number of anilines is 1. The van der Waals surface area contributed by atoms with E-state index in [0.29, 0.717) is 11.7 Å². The number of ether oxygens (including phenoxy) is 1. The van der Waals surface area contributed by atoms with Crippen LogP contribution >= 0.6 is 22.9 Å². The Hall–Kier alpha value is -1.26. The molecule has 0 aliphatic rings. The van der Waals surface area contributed by atoms with Gasteiger partial charge in [-0.3, -0.25) is 0 Å². The summed E-state index contributed by atoms with van der Waals surface area (Å²) >= 11 is 7.50. The van der Waals surface area contributed by atoms with E-state index in [1.165, 1.54) is 11.3 Å². The van der Waals surface area contributed by atoms with E-state index in [2.05, 4.69) is 4.98 Å². The number of nitrogen functional groups attached to an aromatic ring is 1. The maximum Gasteiger partial charge on any atom is 0.180 e. The Morgan fingerprint density at radius 1 is 1.35 bits per heavy atom. The highest BCUT2D eigenvalue weighted by Gasteiger charge is 2.05. The van der Waals surface area contributed by atoms with E-state index in [-0.39, 0.29) is 0 Å². The lowest BCUT2D eigenvalue weighted by Gasteiger charge is -2.08. The first kappa shape index (κ1) is 12.2. The van der Waals surface area contributed by atoms with Crippen molar-refractivity contribution in [3.05, 3.63) is 39.4 Å². The van der Waals surface area contributed by atoms with E-state index in [9.17, 15) is 0 Å². The van der Waals surface area contributed by atoms with Gasteiger partial charge in [-0.1, -0.05) is 11.6 Å². The second-order valence-electron chi connectivity index (χ2n) is 3.84. The maximum absolute atomic E-state index is 6.09. The number of benzene rings is 1. The van der Waals surface area contributed by atoms with Crippen LogP contribution < -0.4 is 10.5 Å². The van der Waals surface area contributed by atoms with Crippen molar-refractivity contribution in [2.24, 2.45) is 0 Å². The molecule has 2 rings (SSSR count). The van der Waals surface area contributed by atoms with E-state index < -0.39 is 0 Å². The van der Waals surface area contributed by atoms with Gasteiger partial charge in [0.15, 0.2) is 5.13 Å². The highest BCUT2D eigenvalue weighted by molar-refractivity contribution is 7.13. The van der Waals surface area contributed by atoms with Gasteiger partial charge in [0.1, 0.15) is 12.4 Å². The summed E-state index contributed by atoms with van der Waals surface area (Å²) in [5, 5.41) is 3.24. The number of halogens is 1. The zero-order chi connectivity index (χ0) is 12.4. The Morgan fingerprint density at radius 2 is 2.00 bits per heavy atom. The normalized spacial score (nSPS) is 10.5. The van der Waals surface area contributed by atoms with Gasteiger partial charge in [-0.25, -0.2) is 4.98 Å². The van der Waals surface area contributed by atoms with Gasteiger partial charge in [0.25, 0.3) is 0 Å². The first-order chi connectivity index (χ1) is 8.06. The fraction of sp³-hybridized carbons (Fsp3) is 0.250. The van der Waals surface area contributed by atoms with Crippen LogP contribution in [-0.2, 0) is 6.61 Å². The summed E-state index contributed by atoms with van der Waals surface area (Å²) in [6.07, 6.45) is 0. The third-order valence-corrected chi connectivity index (χ3v) is 3.69. The Kier molecular flexibility index (Phi) is 3.54. The highest BCUT2D eigenvalue weighted by Crippen LogP contribution is 2.26. The Labute approximate surface area is 109 Å². The van der Waals surface area contributed by atoms with Crippen LogP contribution in [0.3, 0.4) is 0 Å². The Bertz CT molecular complexity index is 516. The molecule has 17 heavy (non-hydrogen) atoms. The molecule has 0 aliphatic heterocycles. The topological polar surface area (TPSA) is 48.1 Å². The second kappa shape index (κ2) is 4.94. The van der Waals surface area contributed by atoms with Crippen molar-refractivity contribution in [3.63, 3.8) is 0 Å². The molecule has 0 bridgehead atoms. The molecule has 2 N–H and O–H groups in total. The summed E-state index contributed by atoms with van der Waals surface area (Å²) in [5.74, 6) is 0.802. The number of hydrogen-bond donors (Lipinski definition) is 1. The van der Waals surface area contributed by atoms with Crippen LogP contribution in [0, 0.1) is 13.8 Å². The molecule has 1 heterocycles. The van der Waals surface area contributed by atoms with Gasteiger partial charge in [0.2, 0.25) is 0 Å². The van der Waals surface area contributed by atoms with Crippen molar-refractivity contribution in [3.8, 4) is 5.75 Å². The van der Waals surface area contributed by atoms with Crippen molar-refractivity contribution in [1.29, 1.82) is 0 Å². The molecule has 0 unspecified atom stereocenters. The molecule has 1 aromatic heterocycles. The van der Waals surface area contributed by atoms with Crippen LogP contribution in [0.25, 0.3) is 0 Å². The summed E-state index contributed by atoms with van der Waals surface area (Å²) in [5.41, 5.74) is 8.42. The molecule has 0 amide bonds. The van der Waals surface area contributed by atoms with Crippen LogP contribution in [-0.4, -0.2) is 4.98 Å². The van der Waals surface area contributed by atoms with Crippen LogP contribution in [0.4, 0.5) is 5.13 Å². The lowest BCUT2D eigenvalue weighted by molar-refractivity contribution is 0.302. The molecule has 0 saturated heterocycles. The molecule has 0 atom stereocenters. The van der Waals surface area contributed by atoms with Crippen LogP contribution in [0.1, 0.15) is 16.8 Å². The lowest BCUT2D eigenvalue weighted by atomic mass is 10.1. The zero-order valence-corrected chi connectivity index (χ0v) is 11.2. The second-order valence-corrected chi connectivity index (χ2v) is 5.10. The molecule has 5 heteroatoms. The lowest BCUT2D eigenvalue weighted by Crippen LogP contribution is -1.97. The standard InChI is InChI=1S/C12H13ClN2OS/c1-7-3-10(4-8(2)11(7)13)16-5-9-6-17-12(14)15-9/h3-4,6H,5H2,1-2H3,(H2,14,15). The van der Waals surface area contributed by atoms with Crippen LogP contribution in [0.5, 0.6) is 5.75 Å². The number of hydrogen-bond acceptors (Lipinski definition) is 4. The quantitative estimate of drug-likeness (QED) is 0.926. The number of nitrogens with zero attached hydrogens (tertiary/aromatic N) is 1. The van der Waals surface area contributed by atoms with Crippen molar-refractivity contribution < 1.29 is 4.74 Å². The zero-order valence-electron chi connectivity index (χ0n) is 9.66. The smallest absolute Gasteiger partial charge is 0.180 e. The fourth-order valence-corrected chi connectivity index (χ4v) is 2.19. The molecular weight excluding hydrogens is 256 g/mol. The van der Waals surface area contributed by atoms with Gasteiger partial charge in [-0.2, -0.15) is 0 Å². The number of nitrogens with two attached hydrogens (primary N) is 1. The number of aromatic nitrogens is 1. The third kappa shape index (κ3) is 2.90. The summed E-state index contributed by atoms with van der Waals surface area (Å²) in [4.78, 5) is 4.13. The van der Waals surface area contributed by atoms with Crippen molar-refractivity contribution in [2.45, 2.75) is 20.5 Å². The largest absolute Gasteiger partial charge is 0.487 e. The van der Waals surface area contributed by atoms with Gasteiger partial charge in [-0.15, -0.1) is 11.3 Å². The van der Waals surface area contributed by atoms with Crippen molar-refractivity contribution in [2.75, 3.05) is 5.73 Å². The van der Waals surface area contributed by atoms with E-state index in [0.717, 1.165) is 27.6 Å². The molecule has 0 saturated carbocycles. The molecule has 0 aliphatic carbocycles. The summed E-state index contributed by atoms with van der Waals surface area (Å²) in [7, 11) is 0. The monoisotopic (exact) mass is 268 g/mol. The first-order valence-electron chi connectivity index (χ1n) is 5.15. The predicted molar refractivity (Wildman–Crippen MR) is 71.8 cm³/mol. The fourth-order valence-electron chi connectivity index (χ4n) is 1.54. The Morgan fingerprint density at radius 3 is 2.53 bits per heavy atom.